The van der Waals surface area contributed by atoms with Gasteiger partial charge in [-0.2, -0.15) is 5.10 Å². The normalized spacial score (nSPS) is 12.7. The second kappa shape index (κ2) is 6.58. The molecule has 2 rings (SSSR count). The van der Waals surface area contributed by atoms with E-state index in [2.05, 4.69) is 5.10 Å². The maximum absolute atomic E-state index is 13.9. The van der Waals surface area contributed by atoms with Crippen LogP contribution in [0.4, 0.5) is 4.39 Å². The zero-order chi connectivity index (χ0) is 15.6. The highest BCUT2D eigenvalue weighted by molar-refractivity contribution is 6.31. The summed E-state index contributed by atoms with van der Waals surface area (Å²) in [5, 5.41) is 5.12. The van der Waals surface area contributed by atoms with E-state index in [0.717, 1.165) is 29.9 Å². The Bertz CT molecular complexity index is 637. The maximum atomic E-state index is 13.9. The van der Waals surface area contributed by atoms with Gasteiger partial charge in [0.1, 0.15) is 5.82 Å². The highest BCUT2D eigenvalue weighted by Gasteiger charge is 2.19. The highest BCUT2D eigenvalue weighted by Crippen LogP contribution is 2.27. The number of nitrogens with zero attached hydrogens (tertiary/aromatic N) is 2. The minimum absolute atomic E-state index is 0.275. The van der Waals surface area contributed by atoms with E-state index in [1.165, 1.54) is 6.07 Å². The minimum Gasteiger partial charge on any atom is -0.324 e. The Hall–Kier alpha value is -1.39. The Balaban J connectivity index is 2.33. The number of aromatic nitrogens is 2. The molecule has 114 valence electrons. The molecule has 1 heterocycles. The molecule has 1 aromatic heterocycles. The number of hydrogen-bond donors (Lipinski definition) is 1. The van der Waals surface area contributed by atoms with Crippen molar-refractivity contribution in [2.45, 2.75) is 46.2 Å². The van der Waals surface area contributed by atoms with Gasteiger partial charge >= 0.3 is 0 Å². The van der Waals surface area contributed by atoms with Crippen molar-refractivity contribution in [1.82, 2.24) is 9.78 Å². The molecule has 2 N–H and O–H groups in total. The van der Waals surface area contributed by atoms with E-state index in [-0.39, 0.29) is 5.82 Å². The molecular formula is C16H21ClFN3. The van der Waals surface area contributed by atoms with Crippen molar-refractivity contribution in [3.8, 4) is 0 Å². The fraction of sp³-hybridized carbons (Fsp3) is 0.438. The van der Waals surface area contributed by atoms with Crippen LogP contribution in [0.2, 0.25) is 5.02 Å². The Morgan fingerprint density at radius 3 is 2.71 bits per heavy atom. The second-order valence-corrected chi connectivity index (χ2v) is 5.59. The first-order chi connectivity index (χ1) is 9.97. The third-order valence-electron chi connectivity index (χ3n) is 3.66. The molecule has 0 saturated carbocycles. The van der Waals surface area contributed by atoms with Crippen LogP contribution < -0.4 is 5.73 Å². The van der Waals surface area contributed by atoms with E-state index in [1.807, 2.05) is 25.5 Å². The molecule has 0 aliphatic carbocycles. The van der Waals surface area contributed by atoms with E-state index in [0.29, 0.717) is 17.0 Å². The average molecular weight is 310 g/mol. The number of nitrogens with two attached hydrogens (primary N) is 1. The molecule has 0 aliphatic heterocycles. The monoisotopic (exact) mass is 309 g/mol. The summed E-state index contributed by atoms with van der Waals surface area (Å²) in [5.41, 5.74) is 9.46. The molecule has 2 aromatic rings. The first-order valence-corrected chi connectivity index (χ1v) is 7.61. The van der Waals surface area contributed by atoms with Gasteiger partial charge in [0.25, 0.3) is 0 Å². The first kappa shape index (κ1) is 16.0. The Morgan fingerprint density at radius 2 is 2.10 bits per heavy atom. The summed E-state index contributed by atoms with van der Waals surface area (Å²) in [4.78, 5) is 0. The van der Waals surface area contributed by atoms with Crippen LogP contribution in [-0.4, -0.2) is 9.78 Å². The summed E-state index contributed by atoms with van der Waals surface area (Å²) in [7, 11) is 0. The summed E-state index contributed by atoms with van der Waals surface area (Å²) in [5.74, 6) is -0.275. The van der Waals surface area contributed by atoms with Crippen LogP contribution in [0.1, 0.15) is 42.4 Å². The van der Waals surface area contributed by atoms with Crippen molar-refractivity contribution in [3.63, 3.8) is 0 Å². The fourth-order valence-corrected chi connectivity index (χ4v) is 2.82. The lowest BCUT2D eigenvalue weighted by Gasteiger charge is -2.15. The van der Waals surface area contributed by atoms with Crippen LogP contribution in [0.15, 0.2) is 18.2 Å². The molecule has 0 spiro atoms. The summed E-state index contributed by atoms with van der Waals surface area (Å²) >= 11 is 6.38. The van der Waals surface area contributed by atoms with E-state index in [4.69, 9.17) is 17.3 Å². The summed E-state index contributed by atoms with van der Waals surface area (Å²) in [6.45, 7) is 6.66. The Morgan fingerprint density at radius 1 is 1.38 bits per heavy atom. The quantitative estimate of drug-likeness (QED) is 0.912. The van der Waals surface area contributed by atoms with Crippen LogP contribution in [0, 0.1) is 12.7 Å². The van der Waals surface area contributed by atoms with Crippen molar-refractivity contribution < 1.29 is 4.39 Å². The van der Waals surface area contributed by atoms with Crippen molar-refractivity contribution >= 4 is 11.6 Å². The molecule has 0 radical (unpaired) electrons. The van der Waals surface area contributed by atoms with Crippen molar-refractivity contribution in [2.24, 2.45) is 5.73 Å². The Kier molecular flexibility index (Phi) is 5.01. The molecule has 3 nitrogen and oxygen atoms in total. The average Bonchev–Trinajstić information content (AvgIpc) is 2.77. The predicted molar refractivity (Wildman–Crippen MR) is 84.1 cm³/mol. The lowest BCUT2D eigenvalue weighted by Crippen LogP contribution is -2.18. The van der Waals surface area contributed by atoms with E-state index < -0.39 is 6.04 Å². The Labute approximate surface area is 129 Å². The molecule has 1 unspecified atom stereocenters. The van der Waals surface area contributed by atoms with Gasteiger partial charge in [0.15, 0.2) is 0 Å². The molecule has 0 bridgehead atoms. The van der Waals surface area contributed by atoms with Gasteiger partial charge in [0.2, 0.25) is 0 Å². The number of benzene rings is 1. The third-order valence-corrected chi connectivity index (χ3v) is 4.09. The van der Waals surface area contributed by atoms with Crippen molar-refractivity contribution in [1.29, 1.82) is 0 Å². The number of halogens is 2. The molecule has 0 saturated heterocycles. The van der Waals surface area contributed by atoms with Crippen LogP contribution in [0.25, 0.3) is 0 Å². The zero-order valence-electron chi connectivity index (χ0n) is 12.7. The predicted octanol–water partition coefficient (Wildman–Crippen LogP) is 3.81. The molecule has 1 atom stereocenters. The lowest BCUT2D eigenvalue weighted by atomic mass is 10.00. The van der Waals surface area contributed by atoms with E-state index >= 15 is 0 Å². The van der Waals surface area contributed by atoms with Crippen LogP contribution >= 0.6 is 11.6 Å². The number of hydrogen-bond acceptors (Lipinski definition) is 2. The van der Waals surface area contributed by atoms with Gasteiger partial charge in [-0.15, -0.1) is 0 Å². The van der Waals surface area contributed by atoms with Gasteiger partial charge in [-0.05, 0) is 26.3 Å². The molecule has 0 fully saturated rings. The summed E-state index contributed by atoms with van der Waals surface area (Å²) < 4.78 is 15.8. The molecule has 0 aliphatic rings. The number of aryl methyl sites for hydroxylation is 3. The van der Waals surface area contributed by atoms with Gasteiger partial charge in [-0.1, -0.05) is 36.2 Å². The first-order valence-electron chi connectivity index (χ1n) is 7.23. The zero-order valence-corrected chi connectivity index (χ0v) is 13.4. The summed E-state index contributed by atoms with van der Waals surface area (Å²) in [6, 6.07) is 4.56. The fourth-order valence-electron chi connectivity index (χ4n) is 2.48. The maximum Gasteiger partial charge on any atom is 0.128 e. The van der Waals surface area contributed by atoms with Crippen LogP contribution in [0.3, 0.4) is 0 Å². The van der Waals surface area contributed by atoms with Crippen LogP contribution in [0.5, 0.6) is 0 Å². The van der Waals surface area contributed by atoms with Crippen molar-refractivity contribution in [3.05, 3.63) is 51.6 Å². The molecule has 1 aromatic carbocycles. The number of rotatable bonds is 5. The molecular weight excluding hydrogens is 289 g/mol. The SMILES string of the molecule is CCc1nn(CC)c(CC(N)c2cc(C)ccc2F)c1Cl. The smallest absolute Gasteiger partial charge is 0.128 e. The summed E-state index contributed by atoms with van der Waals surface area (Å²) in [6.07, 6.45) is 1.24. The van der Waals surface area contributed by atoms with Gasteiger partial charge in [0.05, 0.1) is 16.4 Å². The lowest BCUT2D eigenvalue weighted by molar-refractivity contribution is 0.554. The largest absolute Gasteiger partial charge is 0.324 e. The van der Waals surface area contributed by atoms with Gasteiger partial charge < -0.3 is 5.73 Å². The molecule has 21 heavy (non-hydrogen) atoms. The molecule has 5 heteroatoms. The topological polar surface area (TPSA) is 43.8 Å². The second-order valence-electron chi connectivity index (χ2n) is 5.21. The van der Waals surface area contributed by atoms with Gasteiger partial charge in [0, 0.05) is 24.6 Å². The van der Waals surface area contributed by atoms with E-state index in [9.17, 15) is 4.39 Å². The third kappa shape index (κ3) is 3.27. The van der Waals surface area contributed by atoms with E-state index in [1.54, 1.807) is 12.1 Å². The van der Waals surface area contributed by atoms with Crippen molar-refractivity contribution in [2.75, 3.05) is 0 Å². The standard InChI is InChI=1S/C16H21ClFN3/c1-4-14-16(17)15(21(5-2)20-14)9-13(19)11-8-10(3)6-7-12(11)18/h6-8,13H,4-5,9,19H2,1-3H3. The molecule has 0 amide bonds. The van der Waals surface area contributed by atoms with Gasteiger partial charge in [-0.25, -0.2) is 4.39 Å². The highest BCUT2D eigenvalue weighted by atomic mass is 35.5. The van der Waals surface area contributed by atoms with Gasteiger partial charge in [-0.3, -0.25) is 4.68 Å². The van der Waals surface area contributed by atoms with Crippen LogP contribution in [-0.2, 0) is 19.4 Å². The minimum atomic E-state index is -0.436.